The first-order valence-corrected chi connectivity index (χ1v) is 26.6. The molecule has 5 aliphatic rings. The number of anilines is 1. The van der Waals surface area contributed by atoms with Crippen molar-refractivity contribution in [2.24, 2.45) is 17.8 Å². The number of likely N-dealkylation sites (N-methyl/N-ethyl adjacent to an activating group) is 2. The fraction of sp³-hybridized carbons (Fsp3) is 0.849. The highest BCUT2D eigenvalue weighted by atomic mass is 19.1. The Morgan fingerprint density at radius 3 is 2.21 bits per heavy atom. The first-order chi connectivity index (χ1) is 34.2. The molecule has 0 unspecified atom stereocenters. The Kier molecular flexibility index (Phi) is 20.2. The molecular weight excluding hydrogens is 950 g/mol. The number of halogens is 1. The summed E-state index contributed by atoms with van der Waals surface area (Å²) >= 11 is 0. The molecule has 418 valence electrons. The normalized spacial score (nSPS) is 42.6. The SMILES string of the molecule is CC[C@H]1OC(=O)[C@H](C)[C@@H](O[C@H]2C[C@@](C)(OC)[C@@H](O)[C@H](C)O2)[C@H](C)[C@@H](O[C@@H]2O[C@H](C)C[C@H](N(C)CCN3CCN(C[C@H]4CN(c5cccc(F)c5)C(=O)O4)CC3)[C@H]2O)[C@](C)(O)C[C@@H](C)CN(C)[C@H](C)[C@@H](O)[C@]1(C)O. The van der Waals surface area contributed by atoms with Crippen LogP contribution in [-0.4, -0.2) is 234 Å². The van der Waals surface area contributed by atoms with Crippen LogP contribution in [0.3, 0.4) is 0 Å². The van der Waals surface area contributed by atoms with Gasteiger partial charge in [-0.05, 0) is 106 Å². The van der Waals surface area contributed by atoms with Gasteiger partial charge in [-0.15, -0.1) is 0 Å². The van der Waals surface area contributed by atoms with E-state index in [1.165, 1.54) is 31.1 Å². The monoisotopic (exact) mass is 1040 g/mol. The molecule has 20 heteroatoms. The highest BCUT2D eigenvalue weighted by Gasteiger charge is 2.53. The largest absolute Gasteiger partial charge is 0.459 e. The van der Waals surface area contributed by atoms with Gasteiger partial charge in [0.05, 0.1) is 53.8 Å². The standard InChI is InChI=1S/C53H90FN5O14/c1-14-41-53(10,66)45(61)35(6)56(12)28-31(2)26-51(8,65)47(33(4)44(34(5)48(63)71-41)72-42-27-52(9,67-13)46(62)36(7)69-42)73-49-43(60)40(24-32(3)68-49)55(11)18-19-57-20-22-58(23-21-57)29-39-30-59(50(64)70-39)38-17-15-16-37(54)25-38/h15-17,25,31-36,39-47,49,60-62,65-66H,14,18-24,26-30H2,1-13H3/t31-,32-,33+,34-,35-,36+,39+,40+,41-,42+,43-,44+,45-,46+,47-,49+,51-,52-,53-/m1/s1. The Hall–Kier alpha value is -2.67. The number of piperazine rings is 1. The third-order valence-electron chi connectivity index (χ3n) is 16.8. The molecule has 6 rings (SSSR count). The van der Waals surface area contributed by atoms with Crippen LogP contribution < -0.4 is 4.90 Å². The molecule has 5 N–H and O–H groups in total. The second-order valence-electron chi connectivity index (χ2n) is 22.9. The number of carbonyl (C=O) groups is 2. The van der Waals surface area contributed by atoms with Gasteiger partial charge in [0.25, 0.3) is 0 Å². The van der Waals surface area contributed by atoms with Crippen LogP contribution >= 0.6 is 0 Å². The zero-order valence-electron chi connectivity index (χ0n) is 45.8. The fourth-order valence-electron chi connectivity index (χ4n) is 12.1. The number of nitrogens with zero attached hydrogens (tertiary/aromatic N) is 5. The average Bonchev–Trinajstić information content (AvgIpc) is 3.71. The summed E-state index contributed by atoms with van der Waals surface area (Å²) in [6.45, 7) is 23.5. The van der Waals surface area contributed by atoms with Crippen molar-refractivity contribution in [2.75, 3.05) is 85.0 Å². The van der Waals surface area contributed by atoms with Crippen molar-refractivity contribution >= 4 is 17.7 Å². The molecule has 0 bridgehead atoms. The predicted molar refractivity (Wildman–Crippen MR) is 270 cm³/mol. The Morgan fingerprint density at radius 2 is 1.56 bits per heavy atom. The van der Waals surface area contributed by atoms with E-state index in [9.17, 15) is 39.5 Å². The Labute approximate surface area is 433 Å². The summed E-state index contributed by atoms with van der Waals surface area (Å²) in [5.74, 6) is -3.19. The van der Waals surface area contributed by atoms with E-state index in [0.29, 0.717) is 38.3 Å². The molecule has 0 aliphatic carbocycles. The van der Waals surface area contributed by atoms with E-state index in [1.807, 2.05) is 39.8 Å². The van der Waals surface area contributed by atoms with Gasteiger partial charge in [0.15, 0.2) is 12.6 Å². The van der Waals surface area contributed by atoms with Crippen LogP contribution in [-0.2, 0) is 38.0 Å². The number of esters is 1. The second-order valence-corrected chi connectivity index (χ2v) is 22.9. The van der Waals surface area contributed by atoms with E-state index in [0.717, 1.165) is 32.7 Å². The summed E-state index contributed by atoms with van der Waals surface area (Å²) in [6.07, 6.45) is -9.78. The van der Waals surface area contributed by atoms with Gasteiger partial charge < -0.3 is 63.6 Å². The molecule has 19 nitrogen and oxygen atoms in total. The summed E-state index contributed by atoms with van der Waals surface area (Å²) in [6, 6.07) is 4.99. The Morgan fingerprint density at radius 1 is 0.890 bits per heavy atom. The van der Waals surface area contributed by atoms with Gasteiger partial charge in [-0.3, -0.25) is 24.4 Å². The number of methoxy groups -OCH3 is 1. The minimum absolute atomic E-state index is 0.100. The van der Waals surface area contributed by atoms with E-state index in [1.54, 1.807) is 53.7 Å². The lowest BCUT2D eigenvalue weighted by molar-refractivity contribution is -0.318. The minimum Gasteiger partial charge on any atom is -0.459 e. The highest BCUT2D eigenvalue weighted by Crippen LogP contribution is 2.40. The van der Waals surface area contributed by atoms with Gasteiger partial charge in [-0.2, -0.15) is 0 Å². The number of amides is 1. The van der Waals surface area contributed by atoms with Gasteiger partial charge >= 0.3 is 12.1 Å². The van der Waals surface area contributed by atoms with Crippen molar-refractivity contribution in [1.29, 1.82) is 0 Å². The summed E-state index contributed by atoms with van der Waals surface area (Å²) in [5.41, 5.74) is -4.05. The number of cyclic esters (lactones) is 2. The van der Waals surface area contributed by atoms with Crippen molar-refractivity contribution in [1.82, 2.24) is 19.6 Å². The van der Waals surface area contributed by atoms with Crippen LogP contribution in [0.15, 0.2) is 24.3 Å². The van der Waals surface area contributed by atoms with Crippen LogP contribution in [0.2, 0.25) is 0 Å². The number of benzene rings is 1. The van der Waals surface area contributed by atoms with Crippen LogP contribution in [0, 0.1) is 23.6 Å². The van der Waals surface area contributed by atoms with Crippen LogP contribution in [0.5, 0.6) is 0 Å². The second kappa shape index (κ2) is 24.8. The lowest BCUT2D eigenvalue weighted by Crippen LogP contribution is -2.61. The topological polar surface area (TPSA) is 216 Å². The third kappa shape index (κ3) is 14.1. The van der Waals surface area contributed by atoms with Gasteiger partial charge in [-0.1, -0.05) is 26.8 Å². The maximum atomic E-state index is 14.5. The van der Waals surface area contributed by atoms with Crippen molar-refractivity contribution in [3.8, 4) is 0 Å². The lowest BCUT2D eigenvalue weighted by Gasteiger charge is -2.49. The van der Waals surface area contributed by atoms with Crippen molar-refractivity contribution < 1.29 is 72.7 Å². The molecular formula is C53H90FN5O14. The van der Waals surface area contributed by atoms with Gasteiger partial charge in [0.1, 0.15) is 41.9 Å². The maximum absolute atomic E-state index is 14.5. The molecule has 5 saturated heterocycles. The minimum atomic E-state index is -1.84. The summed E-state index contributed by atoms with van der Waals surface area (Å²) in [5, 5.41) is 59.8. The number of ether oxygens (including phenoxy) is 7. The quantitative estimate of drug-likeness (QED) is 0.180. The van der Waals surface area contributed by atoms with Gasteiger partial charge in [0, 0.05) is 83.9 Å². The first-order valence-electron chi connectivity index (χ1n) is 26.6. The molecule has 73 heavy (non-hydrogen) atoms. The number of carbonyl (C=O) groups excluding carboxylic acids is 2. The maximum Gasteiger partial charge on any atom is 0.414 e. The molecule has 0 aromatic heterocycles. The van der Waals surface area contributed by atoms with Crippen molar-refractivity contribution in [3.05, 3.63) is 30.1 Å². The number of hydrogen-bond acceptors (Lipinski definition) is 18. The molecule has 0 radical (unpaired) electrons. The van der Waals surface area contributed by atoms with E-state index in [-0.39, 0.29) is 43.4 Å². The molecule has 19 atom stereocenters. The molecule has 1 amide bonds. The molecule has 5 heterocycles. The van der Waals surface area contributed by atoms with E-state index in [2.05, 4.69) is 14.7 Å². The number of hydrogen-bond donors (Lipinski definition) is 5. The van der Waals surface area contributed by atoms with Gasteiger partial charge in [0.2, 0.25) is 0 Å². The highest BCUT2D eigenvalue weighted by molar-refractivity contribution is 5.89. The summed E-state index contributed by atoms with van der Waals surface area (Å²) in [4.78, 5) is 37.3. The zero-order chi connectivity index (χ0) is 53.9. The van der Waals surface area contributed by atoms with Crippen LogP contribution in [0.25, 0.3) is 0 Å². The number of aliphatic hydroxyl groups is 5. The Balaban J connectivity index is 1.19. The first kappa shape index (κ1) is 59.6. The van der Waals surface area contributed by atoms with E-state index >= 15 is 0 Å². The van der Waals surface area contributed by atoms with Crippen molar-refractivity contribution in [2.45, 2.75) is 191 Å². The van der Waals surface area contributed by atoms with Gasteiger partial charge in [-0.25, -0.2) is 9.18 Å². The molecule has 1 aromatic rings. The molecule has 5 fully saturated rings. The summed E-state index contributed by atoms with van der Waals surface area (Å²) < 4.78 is 57.9. The van der Waals surface area contributed by atoms with Crippen molar-refractivity contribution in [3.63, 3.8) is 0 Å². The van der Waals surface area contributed by atoms with Crippen LogP contribution in [0.4, 0.5) is 14.9 Å². The molecule has 0 saturated carbocycles. The Bertz CT molecular complexity index is 1950. The smallest absolute Gasteiger partial charge is 0.414 e. The lowest BCUT2D eigenvalue weighted by atomic mass is 9.77. The molecule has 0 spiro atoms. The number of aliphatic hydroxyl groups excluding tert-OH is 3. The fourth-order valence-corrected chi connectivity index (χ4v) is 12.1. The molecule has 1 aromatic carbocycles. The molecule has 5 aliphatic heterocycles. The zero-order valence-corrected chi connectivity index (χ0v) is 45.8. The van der Waals surface area contributed by atoms with E-state index in [4.69, 9.17) is 33.2 Å². The third-order valence-corrected chi connectivity index (χ3v) is 16.8. The number of rotatable bonds is 13. The summed E-state index contributed by atoms with van der Waals surface area (Å²) in [7, 11) is 5.32. The van der Waals surface area contributed by atoms with Crippen LogP contribution in [0.1, 0.15) is 94.9 Å². The van der Waals surface area contributed by atoms with E-state index < -0.39 is 108 Å². The average molecular weight is 1040 g/mol. The predicted octanol–water partition coefficient (Wildman–Crippen LogP) is 3.05.